The highest BCUT2D eigenvalue weighted by molar-refractivity contribution is 9.11. The molecule has 0 amide bonds. The van der Waals surface area contributed by atoms with Gasteiger partial charge in [0.25, 0.3) is 0 Å². The van der Waals surface area contributed by atoms with Gasteiger partial charge in [-0.1, -0.05) is 15.9 Å². The average molecular weight is 471 g/mol. The average Bonchev–Trinajstić information content (AvgIpc) is 2.51. The zero-order valence-corrected chi connectivity index (χ0v) is 16.9. The molecular formula is C15H19Br3O2. The van der Waals surface area contributed by atoms with Gasteiger partial charge in [-0.15, -0.1) is 0 Å². The summed E-state index contributed by atoms with van der Waals surface area (Å²) in [6, 6.07) is 4.14. The lowest BCUT2D eigenvalue weighted by atomic mass is 9.97. The Hall–Kier alpha value is 0.420. The van der Waals surface area contributed by atoms with Crippen LogP contribution in [0.15, 0.2) is 21.1 Å². The minimum atomic E-state index is -0.295. The Morgan fingerprint density at radius 1 is 1.20 bits per heavy atom. The van der Waals surface area contributed by atoms with Crippen LogP contribution in [-0.4, -0.2) is 17.3 Å². The van der Waals surface area contributed by atoms with Crippen molar-refractivity contribution in [2.45, 2.75) is 56.8 Å². The van der Waals surface area contributed by atoms with Crippen molar-refractivity contribution in [2.75, 3.05) is 0 Å². The maximum Gasteiger partial charge on any atom is 0.148 e. The summed E-state index contributed by atoms with van der Waals surface area (Å²) in [5.74, 6) is 0.842. The molecular weight excluding hydrogens is 452 g/mol. The molecule has 20 heavy (non-hydrogen) atoms. The highest BCUT2D eigenvalue weighted by Gasteiger charge is 2.47. The van der Waals surface area contributed by atoms with Crippen molar-refractivity contribution in [3.8, 4) is 5.75 Å². The molecule has 0 aliphatic carbocycles. The molecule has 0 N–H and O–H groups in total. The third kappa shape index (κ3) is 3.60. The predicted molar refractivity (Wildman–Crippen MR) is 92.7 cm³/mol. The topological polar surface area (TPSA) is 18.5 Å². The van der Waals surface area contributed by atoms with Gasteiger partial charge in [0.1, 0.15) is 17.5 Å². The summed E-state index contributed by atoms with van der Waals surface area (Å²) in [7, 11) is 0. The van der Waals surface area contributed by atoms with Crippen LogP contribution < -0.4 is 4.74 Å². The summed E-state index contributed by atoms with van der Waals surface area (Å²) in [6.45, 7) is 8.38. The number of hydrogen-bond acceptors (Lipinski definition) is 2. The van der Waals surface area contributed by atoms with E-state index in [1.54, 1.807) is 0 Å². The summed E-state index contributed by atoms with van der Waals surface area (Å²) in [5.41, 5.74) is 0.748. The van der Waals surface area contributed by atoms with Crippen LogP contribution >= 0.6 is 47.8 Å². The second-order valence-electron chi connectivity index (χ2n) is 6.30. The molecule has 2 rings (SSSR count). The van der Waals surface area contributed by atoms with E-state index in [1.807, 2.05) is 0 Å². The molecule has 5 heteroatoms. The molecule has 0 spiro atoms. The maximum absolute atomic E-state index is 6.25. The minimum absolute atomic E-state index is 0.0277. The van der Waals surface area contributed by atoms with Crippen molar-refractivity contribution >= 4 is 47.8 Å². The largest absolute Gasteiger partial charge is 0.485 e. The van der Waals surface area contributed by atoms with Crippen LogP contribution in [0.3, 0.4) is 0 Å². The van der Waals surface area contributed by atoms with Crippen LogP contribution in [0.4, 0.5) is 0 Å². The SMILES string of the molecule is CC1(C)CC(Oc2c(Br)cc(CBr)cc2Br)C(C)(C)O1. The van der Waals surface area contributed by atoms with Crippen LogP contribution in [-0.2, 0) is 10.1 Å². The Morgan fingerprint density at radius 2 is 1.75 bits per heavy atom. The molecule has 1 heterocycles. The lowest BCUT2D eigenvalue weighted by Gasteiger charge is -2.28. The molecule has 0 bridgehead atoms. The summed E-state index contributed by atoms with van der Waals surface area (Å²) in [4.78, 5) is 0. The molecule has 1 aliphatic heterocycles. The van der Waals surface area contributed by atoms with Crippen molar-refractivity contribution in [1.29, 1.82) is 0 Å². The molecule has 1 aromatic carbocycles. The molecule has 112 valence electrons. The van der Waals surface area contributed by atoms with E-state index in [4.69, 9.17) is 9.47 Å². The van der Waals surface area contributed by atoms with Crippen molar-refractivity contribution in [1.82, 2.24) is 0 Å². The molecule has 1 fully saturated rings. The molecule has 0 saturated carbocycles. The number of benzene rings is 1. The van der Waals surface area contributed by atoms with Crippen molar-refractivity contribution < 1.29 is 9.47 Å². The fourth-order valence-corrected chi connectivity index (χ4v) is 4.43. The van der Waals surface area contributed by atoms with E-state index in [0.29, 0.717) is 0 Å². The number of ether oxygens (including phenoxy) is 2. The second kappa shape index (κ2) is 5.90. The van der Waals surface area contributed by atoms with E-state index in [9.17, 15) is 0 Å². The highest BCUT2D eigenvalue weighted by atomic mass is 79.9. The predicted octanol–water partition coefficient (Wildman–Crippen LogP) is 5.83. The zero-order chi connectivity index (χ0) is 15.1. The Morgan fingerprint density at radius 3 is 2.15 bits per heavy atom. The van der Waals surface area contributed by atoms with Gasteiger partial charge >= 0.3 is 0 Å². The van der Waals surface area contributed by atoms with Gasteiger partial charge in [-0.3, -0.25) is 0 Å². The summed E-state index contributed by atoms with van der Waals surface area (Å²) < 4.78 is 14.3. The number of alkyl halides is 1. The molecule has 1 atom stereocenters. The Balaban J connectivity index is 2.27. The smallest absolute Gasteiger partial charge is 0.148 e. The molecule has 0 radical (unpaired) electrons. The second-order valence-corrected chi connectivity index (χ2v) is 8.57. The van der Waals surface area contributed by atoms with Crippen molar-refractivity contribution in [3.63, 3.8) is 0 Å². The number of rotatable bonds is 3. The first-order valence-corrected chi connectivity index (χ1v) is 9.26. The molecule has 1 saturated heterocycles. The fraction of sp³-hybridized carbons (Fsp3) is 0.600. The fourth-order valence-electron chi connectivity index (χ4n) is 2.64. The van der Waals surface area contributed by atoms with Crippen LogP contribution in [0.25, 0.3) is 0 Å². The third-order valence-electron chi connectivity index (χ3n) is 3.46. The van der Waals surface area contributed by atoms with Gasteiger partial charge < -0.3 is 9.47 Å². The van der Waals surface area contributed by atoms with E-state index in [1.165, 1.54) is 5.56 Å². The standard InChI is InChI=1S/C15H19Br3O2/c1-14(2)7-12(15(3,4)20-14)19-13-10(17)5-9(8-16)6-11(13)18/h5-6,12H,7-8H2,1-4H3. The lowest BCUT2D eigenvalue weighted by Crippen LogP contribution is -2.36. The van der Waals surface area contributed by atoms with Gasteiger partial charge in [-0.2, -0.15) is 0 Å². The number of hydrogen-bond donors (Lipinski definition) is 0. The van der Waals surface area contributed by atoms with Crippen LogP contribution in [0.5, 0.6) is 5.75 Å². The molecule has 2 nitrogen and oxygen atoms in total. The zero-order valence-electron chi connectivity index (χ0n) is 12.1. The van der Waals surface area contributed by atoms with Crippen LogP contribution in [0, 0.1) is 0 Å². The van der Waals surface area contributed by atoms with Gasteiger partial charge in [0, 0.05) is 11.8 Å². The van der Waals surface area contributed by atoms with Gasteiger partial charge in [-0.25, -0.2) is 0 Å². The summed E-state index contributed by atoms with van der Waals surface area (Å²) >= 11 is 10.7. The Bertz CT molecular complexity index is 489. The van der Waals surface area contributed by atoms with Crippen LogP contribution in [0.1, 0.15) is 39.7 Å². The monoisotopic (exact) mass is 468 g/mol. The van der Waals surface area contributed by atoms with E-state index in [2.05, 4.69) is 87.6 Å². The van der Waals surface area contributed by atoms with Crippen molar-refractivity contribution in [2.24, 2.45) is 0 Å². The van der Waals surface area contributed by atoms with Gasteiger partial charge in [0.05, 0.1) is 14.5 Å². The van der Waals surface area contributed by atoms with E-state index >= 15 is 0 Å². The summed E-state index contributed by atoms with van der Waals surface area (Å²) in [6.07, 6.45) is 0.902. The maximum atomic E-state index is 6.25. The molecule has 0 aromatic heterocycles. The Labute approximate surface area is 146 Å². The lowest BCUT2D eigenvalue weighted by molar-refractivity contribution is -0.0847. The van der Waals surface area contributed by atoms with E-state index in [-0.39, 0.29) is 17.3 Å². The van der Waals surface area contributed by atoms with Crippen LogP contribution in [0.2, 0.25) is 0 Å². The molecule has 1 aromatic rings. The highest BCUT2D eigenvalue weighted by Crippen LogP contribution is 2.43. The van der Waals surface area contributed by atoms with E-state index in [0.717, 1.165) is 26.4 Å². The Kier molecular flexibility index (Phi) is 4.95. The first kappa shape index (κ1) is 16.8. The quantitative estimate of drug-likeness (QED) is 0.517. The minimum Gasteiger partial charge on any atom is -0.485 e. The van der Waals surface area contributed by atoms with Gasteiger partial charge in [0.15, 0.2) is 0 Å². The normalized spacial score (nSPS) is 23.9. The summed E-state index contributed by atoms with van der Waals surface area (Å²) in [5, 5.41) is 0.815. The first-order valence-electron chi connectivity index (χ1n) is 6.55. The van der Waals surface area contributed by atoms with E-state index < -0.39 is 0 Å². The first-order chi connectivity index (χ1) is 9.14. The van der Waals surface area contributed by atoms with Crippen molar-refractivity contribution in [3.05, 3.63) is 26.6 Å². The molecule has 1 aliphatic rings. The van der Waals surface area contributed by atoms with Gasteiger partial charge in [0.2, 0.25) is 0 Å². The van der Waals surface area contributed by atoms with Gasteiger partial charge in [-0.05, 0) is 77.3 Å². The third-order valence-corrected chi connectivity index (χ3v) is 5.29. The molecule has 1 unspecified atom stereocenters. The number of halogens is 3.